The summed E-state index contributed by atoms with van der Waals surface area (Å²) < 4.78 is 0. The lowest BCUT2D eigenvalue weighted by molar-refractivity contribution is 0.409. The molecule has 1 rings (SSSR count). The molecule has 0 bridgehead atoms. The molecule has 0 amide bonds. The topological polar surface area (TPSA) is 38.9 Å². The van der Waals surface area contributed by atoms with E-state index in [1.54, 1.807) is 11.3 Å². The third kappa shape index (κ3) is 3.56. The van der Waals surface area contributed by atoms with E-state index in [2.05, 4.69) is 41.5 Å². The molecule has 0 saturated carbocycles. The second-order valence-corrected chi connectivity index (χ2v) is 7.74. The van der Waals surface area contributed by atoms with E-state index in [4.69, 9.17) is 10.7 Å². The molecule has 0 aliphatic rings. The van der Waals surface area contributed by atoms with Gasteiger partial charge in [-0.05, 0) is 5.41 Å². The number of rotatable bonds is 2. The second kappa shape index (κ2) is 4.46. The smallest absolute Gasteiger partial charge is 0.0937 e. The Labute approximate surface area is 103 Å². The molecular formula is C13H24N2S. The molecule has 2 nitrogen and oxygen atoms in total. The summed E-state index contributed by atoms with van der Waals surface area (Å²) in [5.74, 6) is 0. The highest BCUT2D eigenvalue weighted by atomic mass is 32.1. The molecule has 1 aromatic rings. The van der Waals surface area contributed by atoms with Gasteiger partial charge in [0.05, 0.1) is 10.7 Å². The first-order chi connectivity index (χ1) is 7.13. The van der Waals surface area contributed by atoms with E-state index in [9.17, 15) is 0 Å². The fraction of sp³-hybridized carbons (Fsp3) is 0.769. The quantitative estimate of drug-likeness (QED) is 0.859. The van der Waals surface area contributed by atoms with Gasteiger partial charge in [-0.3, -0.25) is 0 Å². The molecule has 0 aromatic carbocycles. The van der Waals surface area contributed by atoms with Gasteiger partial charge in [0.2, 0.25) is 0 Å². The van der Waals surface area contributed by atoms with E-state index in [-0.39, 0.29) is 5.41 Å². The van der Waals surface area contributed by atoms with Gasteiger partial charge in [-0.1, -0.05) is 41.5 Å². The van der Waals surface area contributed by atoms with E-state index in [1.165, 1.54) is 15.6 Å². The van der Waals surface area contributed by atoms with Crippen LogP contribution in [0.3, 0.4) is 0 Å². The van der Waals surface area contributed by atoms with Crippen LogP contribution in [0.15, 0.2) is 0 Å². The van der Waals surface area contributed by atoms with Crippen LogP contribution in [0, 0.1) is 5.41 Å². The van der Waals surface area contributed by atoms with Crippen LogP contribution in [0.25, 0.3) is 0 Å². The maximum Gasteiger partial charge on any atom is 0.0937 e. The molecule has 0 atom stereocenters. The van der Waals surface area contributed by atoms with Crippen LogP contribution < -0.4 is 5.73 Å². The summed E-state index contributed by atoms with van der Waals surface area (Å²) >= 11 is 1.78. The molecule has 0 aliphatic heterocycles. The highest BCUT2D eigenvalue weighted by Gasteiger charge is 2.24. The van der Waals surface area contributed by atoms with E-state index < -0.39 is 0 Å². The number of hydrogen-bond acceptors (Lipinski definition) is 3. The first-order valence-electron chi connectivity index (χ1n) is 5.82. The lowest BCUT2D eigenvalue weighted by Crippen LogP contribution is -2.16. The zero-order chi connectivity index (χ0) is 12.6. The Balaban J connectivity index is 3.04. The molecule has 0 fully saturated rings. The van der Waals surface area contributed by atoms with Gasteiger partial charge < -0.3 is 5.73 Å². The van der Waals surface area contributed by atoms with E-state index in [0.29, 0.717) is 12.0 Å². The Hall–Kier alpha value is -0.410. The van der Waals surface area contributed by atoms with Gasteiger partial charge in [0.15, 0.2) is 0 Å². The highest BCUT2D eigenvalue weighted by Crippen LogP contribution is 2.32. The van der Waals surface area contributed by atoms with E-state index in [1.807, 2.05) is 0 Å². The molecule has 0 unspecified atom stereocenters. The molecule has 0 aliphatic carbocycles. The van der Waals surface area contributed by atoms with Crippen molar-refractivity contribution in [2.75, 3.05) is 0 Å². The summed E-state index contributed by atoms with van der Waals surface area (Å²) in [6, 6.07) is 0. The first-order valence-corrected chi connectivity index (χ1v) is 6.64. The van der Waals surface area contributed by atoms with Crippen LogP contribution in [0.1, 0.15) is 57.1 Å². The molecule has 0 radical (unpaired) electrons. The average Bonchev–Trinajstić information content (AvgIpc) is 2.43. The molecular weight excluding hydrogens is 216 g/mol. The Morgan fingerprint density at radius 3 is 2.00 bits per heavy atom. The molecule has 2 N–H and O–H groups in total. The average molecular weight is 240 g/mol. The van der Waals surface area contributed by atoms with Crippen molar-refractivity contribution < 1.29 is 0 Å². The van der Waals surface area contributed by atoms with Gasteiger partial charge in [0.25, 0.3) is 0 Å². The SMILES string of the molecule is CC(C)(C)Cc1nc(C(C)(C)C)c(CN)s1. The van der Waals surface area contributed by atoms with E-state index in [0.717, 1.165) is 6.42 Å². The summed E-state index contributed by atoms with van der Waals surface area (Å²) in [5.41, 5.74) is 7.36. The summed E-state index contributed by atoms with van der Waals surface area (Å²) in [5, 5.41) is 1.22. The fourth-order valence-electron chi connectivity index (χ4n) is 1.65. The van der Waals surface area contributed by atoms with Gasteiger partial charge in [0.1, 0.15) is 0 Å². The predicted octanol–water partition coefficient (Wildman–Crippen LogP) is 3.49. The van der Waals surface area contributed by atoms with Gasteiger partial charge in [0, 0.05) is 23.3 Å². The maximum atomic E-state index is 5.79. The zero-order valence-electron chi connectivity index (χ0n) is 11.3. The number of nitrogens with zero attached hydrogens (tertiary/aromatic N) is 1. The molecule has 0 spiro atoms. The number of aromatic nitrogens is 1. The molecule has 0 saturated heterocycles. The lowest BCUT2D eigenvalue weighted by atomic mass is 9.90. The first kappa shape index (κ1) is 13.7. The van der Waals surface area contributed by atoms with Crippen molar-refractivity contribution in [3.63, 3.8) is 0 Å². The van der Waals surface area contributed by atoms with Crippen molar-refractivity contribution in [1.29, 1.82) is 0 Å². The molecule has 3 heteroatoms. The number of hydrogen-bond donors (Lipinski definition) is 1. The predicted molar refractivity (Wildman–Crippen MR) is 71.9 cm³/mol. The monoisotopic (exact) mass is 240 g/mol. The standard InChI is InChI=1S/C13H24N2S/c1-12(2,3)7-10-15-11(13(4,5)6)9(8-14)16-10/h7-8,14H2,1-6H3. The molecule has 1 heterocycles. The van der Waals surface area contributed by atoms with Crippen molar-refractivity contribution in [2.45, 2.75) is 59.9 Å². The summed E-state index contributed by atoms with van der Waals surface area (Å²) in [7, 11) is 0. The Kier molecular flexibility index (Phi) is 3.80. The van der Waals surface area contributed by atoms with Crippen LogP contribution in [-0.2, 0) is 18.4 Å². The summed E-state index contributed by atoms with van der Waals surface area (Å²) in [6.45, 7) is 13.9. The molecule has 16 heavy (non-hydrogen) atoms. The molecule has 92 valence electrons. The Morgan fingerprint density at radius 2 is 1.69 bits per heavy atom. The van der Waals surface area contributed by atoms with Crippen LogP contribution in [0.4, 0.5) is 0 Å². The van der Waals surface area contributed by atoms with Gasteiger partial charge in [-0.25, -0.2) is 4.98 Å². The highest BCUT2D eigenvalue weighted by molar-refractivity contribution is 7.11. The number of nitrogens with two attached hydrogens (primary N) is 1. The third-order valence-electron chi connectivity index (χ3n) is 2.32. The Bertz CT molecular complexity index is 353. The molecule has 1 aromatic heterocycles. The van der Waals surface area contributed by atoms with Crippen molar-refractivity contribution in [1.82, 2.24) is 4.98 Å². The minimum absolute atomic E-state index is 0.0985. The van der Waals surface area contributed by atoms with Crippen molar-refractivity contribution in [2.24, 2.45) is 11.1 Å². The maximum absolute atomic E-state index is 5.79. The van der Waals surface area contributed by atoms with Gasteiger partial charge in [-0.15, -0.1) is 11.3 Å². The largest absolute Gasteiger partial charge is 0.326 e. The third-order valence-corrected chi connectivity index (χ3v) is 3.40. The lowest BCUT2D eigenvalue weighted by Gasteiger charge is -2.17. The summed E-state index contributed by atoms with van der Waals surface area (Å²) in [4.78, 5) is 6.02. The fourth-order valence-corrected chi connectivity index (χ4v) is 3.11. The van der Waals surface area contributed by atoms with Crippen LogP contribution in [0.5, 0.6) is 0 Å². The minimum atomic E-state index is 0.0985. The Morgan fingerprint density at radius 1 is 1.12 bits per heavy atom. The van der Waals surface area contributed by atoms with Crippen molar-refractivity contribution >= 4 is 11.3 Å². The number of thiazole rings is 1. The summed E-state index contributed by atoms with van der Waals surface area (Å²) in [6.07, 6.45) is 1.03. The van der Waals surface area contributed by atoms with Crippen LogP contribution >= 0.6 is 11.3 Å². The van der Waals surface area contributed by atoms with Crippen molar-refractivity contribution in [3.05, 3.63) is 15.6 Å². The van der Waals surface area contributed by atoms with Crippen molar-refractivity contribution in [3.8, 4) is 0 Å². The minimum Gasteiger partial charge on any atom is -0.326 e. The van der Waals surface area contributed by atoms with E-state index >= 15 is 0 Å². The van der Waals surface area contributed by atoms with Crippen LogP contribution in [-0.4, -0.2) is 4.98 Å². The zero-order valence-corrected chi connectivity index (χ0v) is 12.2. The van der Waals surface area contributed by atoms with Gasteiger partial charge in [-0.2, -0.15) is 0 Å². The van der Waals surface area contributed by atoms with Gasteiger partial charge >= 0.3 is 0 Å². The van der Waals surface area contributed by atoms with Crippen LogP contribution in [0.2, 0.25) is 0 Å². The normalized spacial score (nSPS) is 13.2. The second-order valence-electron chi connectivity index (χ2n) is 6.57.